The molecule has 0 aliphatic rings. The van der Waals surface area contributed by atoms with Gasteiger partial charge in [0.25, 0.3) is 0 Å². The number of halogens is 3. The fourth-order valence-corrected chi connectivity index (χ4v) is 3.61. The van der Waals surface area contributed by atoms with Gasteiger partial charge in [0, 0.05) is 23.4 Å². The molecule has 0 aromatic heterocycles. The quantitative estimate of drug-likeness (QED) is 0.847. The third-order valence-corrected chi connectivity index (χ3v) is 4.58. The molecule has 8 heteroatoms. The van der Waals surface area contributed by atoms with Gasteiger partial charge >= 0.3 is 6.18 Å². The lowest BCUT2D eigenvalue weighted by atomic mass is 10.1. The van der Waals surface area contributed by atoms with Crippen molar-refractivity contribution in [2.45, 2.75) is 17.6 Å². The maximum absolute atomic E-state index is 12.9. The molecule has 1 aromatic rings. The third-order valence-electron chi connectivity index (χ3n) is 2.30. The standard InChI is InChI=1S/C11H14F3NO2S2/c1-19(16,17)5-4-18-10-3-2-8(7-15)6-9(10)11(12,13)14/h2-3,6H,4-5,7,15H2,1H3. The Kier molecular flexibility index (Phi) is 5.28. The average molecular weight is 313 g/mol. The molecule has 0 saturated heterocycles. The molecule has 0 radical (unpaired) electrons. The van der Waals surface area contributed by atoms with E-state index in [9.17, 15) is 21.6 Å². The molecule has 0 heterocycles. The van der Waals surface area contributed by atoms with Crippen molar-refractivity contribution in [3.05, 3.63) is 29.3 Å². The highest BCUT2D eigenvalue weighted by Crippen LogP contribution is 2.37. The Bertz CT molecular complexity index is 541. The summed E-state index contributed by atoms with van der Waals surface area (Å²) in [6.07, 6.45) is -3.42. The Morgan fingerprint density at radius 1 is 1.32 bits per heavy atom. The van der Waals surface area contributed by atoms with E-state index in [4.69, 9.17) is 5.73 Å². The van der Waals surface area contributed by atoms with Crippen LogP contribution in [0.15, 0.2) is 23.1 Å². The molecule has 0 saturated carbocycles. The molecule has 0 bridgehead atoms. The van der Waals surface area contributed by atoms with E-state index >= 15 is 0 Å². The third kappa shape index (κ3) is 5.42. The zero-order chi connectivity index (χ0) is 14.7. The molecule has 0 fully saturated rings. The Labute approximate surface area is 114 Å². The fraction of sp³-hybridized carbons (Fsp3) is 0.455. The molecule has 0 spiro atoms. The van der Waals surface area contributed by atoms with Crippen molar-refractivity contribution < 1.29 is 21.6 Å². The number of thioether (sulfide) groups is 1. The van der Waals surface area contributed by atoms with Crippen molar-refractivity contribution in [3.63, 3.8) is 0 Å². The van der Waals surface area contributed by atoms with Crippen LogP contribution < -0.4 is 5.73 Å². The van der Waals surface area contributed by atoms with Gasteiger partial charge in [-0.2, -0.15) is 13.2 Å². The van der Waals surface area contributed by atoms with Crippen LogP contribution in [0.3, 0.4) is 0 Å². The van der Waals surface area contributed by atoms with Gasteiger partial charge in [-0.1, -0.05) is 6.07 Å². The predicted octanol–water partition coefficient (Wildman–Crippen LogP) is 2.30. The first-order valence-electron chi connectivity index (χ1n) is 5.34. The van der Waals surface area contributed by atoms with Gasteiger partial charge in [0.05, 0.1) is 11.3 Å². The Hall–Kier alpha value is -0.730. The largest absolute Gasteiger partial charge is 0.417 e. The SMILES string of the molecule is CS(=O)(=O)CCSc1ccc(CN)cc1C(F)(F)F. The predicted molar refractivity (Wildman–Crippen MR) is 69.8 cm³/mol. The maximum Gasteiger partial charge on any atom is 0.417 e. The average Bonchev–Trinajstić information content (AvgIpc) is 2.26. The van der Waals surface area contributed by atoms with Crippen LogP contribution in [0, 0.1) is 0 Å². The molecule has 0 aliphatic heterocycles. The van der Waals surface area contributed by atoms with E-state index in [1.54, 1.807) is 0 Å². The summed E-state index contributed by atoms with van der Waals surface area (Å²) >= 11 is 0.880. The molecule has 3 nitrogen and oxygen atoms in total. The molecular formula is C11H14F3NO2S2. The lowest BCUT2D eigenvalue weighted by molar-refractivity contribution is -0.139. The van der Waals surface area contributed by atoms with Gasteiger partial charge in [-0.3, -0.25) is 0 Å². The lowest BCUT2D eigenvalue weighted by Gasteiger charge is -2.13. The second-order valence-corrected chi connectivity index (χ2v) is 7.41. The number of benzene rings is 1. The summed E-state index contributed by atoms with van der Waals surface area (Å²) in [6.45, 7) is 0.0252. The van der Waals surface area contributed by atoms with E-state index in [0.29, 0.717) is 5.56 Å². The molecule has 108 valence electrons. The van der Waals surface area contributed by atoms with Crippen LogP contribution in [-0.2, 0) is 22.6 Å². The topological polar surface area (TPSA) is 60.2 Å². The highest BCUT2D eigenvalue weighted by atomic mass is 32.2. The van der Waals surface area contributed by atoms with E-state index in [1.807, 2.05) is 0 Å². The van der Waals surface area contributed by atoms with Gasteiger partial charge < -0.3 is 5.73 Å². The second-order valence-electron chi connectivity index (χ2n) is 4.01. The van der Waals surface area contributed by atoms with E-state index in [2.05, 4.69) is 0 Å². The van der Waals surface area contributed by atoms with Crippen molar-refractivity contribution >= 4 is 21.6 Å². The monoisotopic (exact) mass is 313 g/mol. The van der Waals surface area contributed by atoms with Gasteiger partial charge in [-0.25, -0.2) is 8.42 Å². The van der Waals surface area contributed by atoms with Gasteiger partial charge in [0.2, 0.25) is 0 Å². The minimum atomic E-state index is -4.47. The summed E-state index contributed by atoms with van der Waals surface area (Å²) in [5.41, 5.74) is 4.94. The molecule has 0 atom stereocenters. The van der Waals surface area contributed by atoms with Gasteiger partial charge in [0.15, 0.2) is 0 Å². The fourth-order valence-electron chi connectivity index (χ4n) is 1.35. The molecule has 19 heavy (non-hydrogen) atoms. The van der Waals surface area contributed by atoms with Crippen molar-refractivity contribution in [1.29, 1.82) is 0 Å². The zero-order valence-electron chi connectivity index (χ0n) is 10.2. The van der Waals surface area contributed by atoms with Crippen molar-refractivity contribution in [2.75, 3.05) is 17.8 Å². The molecule has 2 N–H and O–H groups in total. The summed E-state index contributed by atoms with van der Waals surface area (Å²) in [5, 5.41) is 0. The van der Waals surface area contributed by atoms with Crippen molar-refractivity contribution in [2.24, 2.45) is 5.73 Å². The van der Waals surface area contributed by atoms with E-state index in [-0.39, 0.29) is 22.9 Å². The molecule has 0 amide bonds. The Morgan fingerprint density at radius 3 is 2.42 bits per heavy atom. The minimum absolute atomic E-state index is 0.0216. The normalized spacial score (nSPS) is 12.7. The highest BCUT2D eigenvalue weighted by Gasteiger charge is 2.33. The van der Waals surface area contributed by atoms with E-state index in [0.717, 1.165) is 24.1 Å². The maximum atomic E-state index is 12.9. The molecule has 0 aliphatic carbocycles. The highest BCUT2D eigenvalue weighted by molar-refractivity contribution is 8.00. The first kappa shape index (κ1) is 16.3. The number of rotatable bonds is 5. The minimum Gasteiger partial charge on any atom is -0.326 e. The van der Waals surface area contributed by atoms with Crippen molar-refractivity contribution in [1.82, 2.24) is 0 Å². The van der Waals surface area contributed by atoms with Gasteiger partial charge in [-0.05, 0) is 17.7 Å². The van der Waals surface area contributed by atoms with Crippen LogP contribution in [0.2, 0.25) is 0 Å². The van der Waals surface area contributed by atoms with Crippen molar-refractivity contribution in [3.8, 4) is 0 Å². The smallest absolute Gasteiger partial charge is 0.326 e. The number of nitrogens with two attached hydrogens (primary N) is 1. The van der Waals surface area contributed by atoms with Crippen LogP contribution in [-0.4, -0.2) is 26.2 Å². The Balaban J connectivity index is 2.94. The van der Waals surface area contributed by atoms with E-state index < -0.39 is 21.6 Å². The molecular weight excluding hydrogens is 299 g/mol. The summed E-state index contributed by atoms with van der Waals surface area (Å²) in [5.74, 6) is -0.0719. The number of alkyl halides is 3. The second kappa shape index (κ2) is 6.15. The van der Waals surface area contributed by atoms with Crippen LogP contribution in [0.4, 0.5) is 13.2 Å². The first-order chi connectivity index (χ1) is 8.63. The molecule has 0 unspecified atom stereocenters. The summed E-state index contributed by atoms with van der Waals surface area (Å²) in [6, 6.07) is 3.85. The lowest BCUT2D eigenvalue weighted by Crippen LogP contribution is -2.10. The number of hydrogen-bond donors (Lipinski definition) is 1. The number of hydrogen-bond acceptors (Lipinski definition) is 4. The summed E-state index contributed by atoms with van der Waals surface area (Å²) < 4.78 is 60.5. The summed E-state index contributed by atoms with van der Waals surface area (Å²) in [4.78, 5) is 0.0216. The van der Waals surface area contributed by atoms with Gasteiger partial charge in [-0.15, -0.1) is 11.8 Å². The first-order valence-corrected chi connectivity index (χ1v) is 8.39. The summed E-state index contributed by atoms with van der Waals surface area (Å²) in [7, 11) is -3.18. The zero-order valence-corrected chi connectivity index (χ0v) is 11.8. The molecule has 1 aromatic carbocycles. The van der Waals surface area contributed by atoms with Crippen LogP contribution >= 0.6 is 11.8 Å². The number of sulfone groups is 1. The Morgan fingerprint density at radius 2 is 1.95 bits per heavy atom. The van der Waals surface area contributed by atoms with Gasteiger partial charge in [0.1, 0.15) is 9.84 Å². The van der Waals surface area contributed by atoms with E-state index in [1.165, 1.54) is 12.1 Å². The van der Waals surface area contributed by atoms with Crippen LogP contribution in [0.25, 0.3) is 0 Å². The molecule has 1 rings (SSSR count). The van der Waals surface area contributed by atoms with Crippen LogP contribution in [0.1, 0.15) is 11.1 Å². The van der Waals surface area contributed by atoms with Crippen LogP contribution in [0.5, 0.6) is 0 Å².